The van der Waals surface area contributed by atoms with E-state index in [0.29, 0.717) is 5.46 Å². The Hall–Kier alpha value is -1.04. The van der Waals surface area contributed by atoms with E-state index in [1.807, 2.05) is 6.92 Å². The first-order chi connectivity index (χ1) is 6.59. The van der Waals surface area contributed by atoms with Gasteiger partial charge in [-0.1, -0.05) is 6.07 Å². The zero-order chi connectivity index (χ0) is 10.3. The summed E-state index contributed by atoms with van der Waals surface area (Å²) in [6, 6.07) is 3.34. The van der Waals surface area contributed by atoms with E-state index in [1.165, 1.54) is 11.3 Å². The summed E-state index contributed by atoms with van der Waals surface area (Å²) in [5.41, 5.74) is 1.31. The molecule has 14 heavy (non-hydrogen) atoms. The summed E-state index contributed by atoms with van der Waals surface area (Å²) in [7, 11) is -1.46. The van der Waals surface area contributed by atoms with E-state index >= 15 is 0 Å². The van der Waals surface area contributed by atoms with Crippen molar-refractivity contribution in [2.75, 3.05) is 0 Å². The fraction of sp³-hybridized carbons (Fsp3) is 0.111. The first-order valence-corrected chi connectivity index (χ1v) is 5.04. The molecule has 0 radical (unpaired) electrons. The van der Waals surface area contributed by atoms with Crippen LogP contribution in [0.1, 0.15) is 5.56 Å². The number of aryl methyl sites for hydroxylation is 1. The molecule has 0 aliphatic rings. The maximum Gasteiger partial charge on any atom is 0.488 e. The molecule has 3 N–H and O–H groups in total. The molecule has 0 bridgehead atoms. The zero-order valence-electron chi connectivity index (χ0n) is 7.56. The van der Waals surface area contributed by atoms with Gasteiger partial charge in [0.2, 0.25) is 0 Å². The molecular weight excluding hydrogens is 199 g/mol. The van der Waals surface area contributed by atoms with Crippen LogP contribution < -0.4 is 5.46 Å². The largest absolute Gasteiger partial charge is 0.506 e. The van der Waals surface area contributed by atoms with Crippen molar-refractivity contribution < 1.29 is 15.2 Å². The van der Waals surface area contributed by atoms with Gasteiger partial charge in [0.25, 0.3) is 0 Å². The van der Waals surface area contributed by atoms with Crippen LogP contribution in [0.5, 0.6) is 5.75 Å². The van der Waals surface area contributed by atoms with Crippen molar-refractivity contribution in [3.63, 3.8) is 0 Å². The van der Waals surface area contributed by atoms with Crippen LogP contribution in [0.15, 0.2) is 17.5 Å². The Morgan fingerprint density at radius 2 is 2.00 bits per heavy atom. The molecule has 72 valence electrons. The number of hydrogen-bond acceptors (Lipinski definition) is 4. The minimum Gasteiger partial charge on any atom is -0.506 e. The molecule has 1 heterocycles. The molecule has 0 saturated carbocycles. The molecular formula is C9H9BO3S. The molecule has 5 heteroatoms. The fourth-order valence-electron chi connectivity index (χ4n) is 1.53. The van der Waals surface area contributed by atoms with Gasteiger partial charge in [-0.3, -0.25) is 0 Å². The van der Waals surface area contributed by atoms with Crippen molar-refractivity contribution in [2.45, 2.75) is 6.92 Å². The summed E-state index contributed by atoms with van der Waals surface area (Å²) in [6.07, 6.45) is 0. The highest BCUT2D eigenvalue weighted by Crippen LogP contribution is 2.32. The second-order valence-electron chi connectivity index (χ2n) is 3.21. The van der Waals surface area contributed by atoms with E-state index in [4.69, 9.17) is 10.0 Å². The van der Waals surface area contributed by atoms with Crippen molar-refractivity contribution >= 4 is 34.0 Å². The van der Waals surface area contributed by atoms with E-state index in [1.54, 1.807) is 17.5 Å². The first-order valence-electron chi connectivity index (χ1n) is 4.16. The van der Waals surface area contributed by atoms with E-state index in [0.717, 1.165) is 15.6 Å². The predicted octanol–water partition coefficient (Wildman–Crippen LogP) is 0.595. The average molecular weight is 208 g/mol. The monoisotopic (exact) mass is 208 g/mol. The number of thiophene rings is 1. The Morgan fingerprint density at radius 1 is 1.29 bits per heavy atom. The van der Waals surface area contributed by atoms with Crippen molar-refractivity contribution in [2.24, 2.45) is 0 Å². The third kappa shape index (κ3) is 1.39. The fourth-order valence-corrected chi connectivity index (χ4v) is 2.47. The molecule has 1 aromatic heterocycles. The lowest BCUT2D eigenvalue weighted by Gasteiger charge is -2.02. The quantitative estimate of drug-likeness (QED) is 0.601. The standard InChI is InChI=1S/C9H9BO3S/c1-5-2-6(10(12)13)3-8-9(5)7(11)4-14-8/h2-4,11-13H,1H3. The molecule has 0 saturated heterocycles. The summed E-state index contributed by atoms with van der Waals surface area (Å²) in [6.45, 7) is 1.83. The van der Waals surface area contributed by atoms with E-state index in [-0.39, 0.29) is 5.75 Å². The molecule has 2 rings (SSSR count). The number of fused-ring (bicyclic) bond motifs is 1. The van der Waals surface area contributed by atoms with Gasteiger partial charge in [-0.15, -0.1) is 11.3 Å². The Labute approximate surface area is 85.4 Å². The van der Waals surface area contributed by atoms with Crippen LogP contribution in [0.3, 0.4) is 0 Å². The summed E-state index contributed by atoms with van der Waals surface area (Å²) in [5.74, 6) is 0.251. The van der Waals surface area contributed by atoms with Crippen LogP contribution in [0.2, 0.25) is 0 Å². The Kier molecular flexibility index (Phi) is 2.22. The lowest BCUT2D eigenvalue weighted by atomic mass is 9.79. The molecule has 0 atom stereocenters. The van der Waals surface area contributed by atoms with Gasteiger partial charge >= 0.3 is 7.12 Å². The smallest absolute Gasteiger partial charge is 0.488 e. The highest BCUT2D eigenvalue weighted by molar-refractivity contribution is 7.17. The Bertz CT molecular complexity index is 478. The van der Waals surface area contributed by atoms with Gasteiger partial charge in [0, 0.05) is 15.5 Å². The topological polar surface area (TPSA) is 60.7 Å². The molecule has 2 aromatic rings. The van der Waals surface area contributed by atoms with E-state index in [9.17, 15) is 5.11 Å². The summed E-state index contributed by atoms with van der Waals surface area (Å²) >= 11 is 1.39. The maximum absolute atomic E-state index is 9.51. The van der Waals surface area contributed by atoms with Crippen molar-refractivity contribution in [1.29, 1.82) is 0 Å². The molecule has 0 aliphatic carbocycles. The van der Waals surface area contributed by atoms with Gasteiger partial charge in [0.15, 0.2) is 0 Å². The van der Waals surface area contributed by atoms with E-state index in [2.05, 4.69) is 0 Å². The Balaban J connectivity index is 2.74. The third-order valence-electron chi connectivity index (χ3n) is 2.17. The number of hydrogen-bond donors (Lipinski definition) is 3. The number of benzene rings is 1. The Morgan fingerprint density at radius 3 is 2.64 bits per heavy atom. The van der Waals surface area contributed by atoms with E-state index < -0.39 is 7.12 Å². The first kappa shape index (κ1) is 9.52. The second-order valence-corrected chi connectivity index (χ2v) is 4.12. The van der Waals surface area contributed by atoms with Crippen LogP contribution in [0, 0.1) is 6.92 Å². The van der Waals surface area contributed by atoms with Gasteiger partial charge < -0.3 is 15.2 Å². The highest BCUT2D eigenvalue weighted by atomic mass is 32.1. The van der Waals surface area contributed by atoms with Crippen LogP contribution in [-0.4, -0.2) is 22.3 Å². The molecule has 0 unspecified atom stereocenters. The number of aromatic hydroxyl groups is 1. The highest BCUT2D eigenvalue weighted by Gasteiger charge is 2.14. The zero-order valence-corrected chi connectivity index (χ0v) is 8.38. The van der Waals surface area contributed by atoms with Crippen LogP contribution >= 0.6 is 11.3 Å². The van der Waals surface area contributed by atoms with Crippen molar-refractivity contribution in [3.05, 3.63) is 23.1 Å². The average Bonchev–Trinajstić information content (AvgIpc) is 2.48. The van der Waals surface area contributed by atoms with Gasteiger partial charge in [0.1, 0.15) is 5.75 Å². The summed E-state index contributed by atoms with van der Waals surface area (Å²) in [5, 5.41) is 30.0. The van der Waals surface area contributed by atoms with Crippen LogP contribution in [-0.2, 0) is 0 Å². The molecule has 0 amide bonds. The molecule has 0 aliphatic heterocycles. The molecule has 3 nitrogen and oxygen atoms in total. The van der Waals surface area contributed by atoms with Gasteiger partial charge in [0.05, 0.1) is 0 Å². The predicted molar refractivity (Wildman–Crippen MR) is 58.1 cm³/mol. The molecule has 0 fully saturated rings. The van der Waals surface area contributed by atoms with Gasteiger partial charge in [-0.25, -0.2) is 0 Å². The van der Waals surface area contributed by atoms with Crippen LogP contribution in [0.25, 0.3) is 10.1 Å². The normalized spacial score (nSPS) is 10.8. The second kappa shape index (κ2) is 3.27. The minimum atomic E-state index is -1.46. The summed E-state index contributed by atoms with van der Waals surface area (Å²) < 4.78 is 0.866. The van der Waals surface area contributed by atoms with Crippen LogP contribution in [0.4, 0.5) is 0 Å². The number of rotatable bonds is 1. The third-order valence-corrected chi connectivity index (χ3v) is 3.09. The lowest BCUT2D eigenvalue weighted by Crippen LogP contribution is -2.29. The summed E-state index contributed by atoms with van der Waals surface area (Å²) in [4.78, 5) is 0. The maximum atomic E-state index is 9.51. The van der Waals surface area contributed by atoms with Gasteiger partial charge in [-0.05, 0) is 24.0 Å². The van der Waals surface area contributed by atoms with Gasteiger partial charge in [-0.2, -0.15) is 0 Å². The molecule has 1 aromatic carbocycles. The lowest BCUT2D eigenvalue weighted by molar-refractivity contribution is 0.426. The SMILES string of the molecule is Cc1cc(B(O)O)cc2scc(O)c12. The minimum absolute atomic E-state index is 0.251. The van der Waals surface area contributed by atoms with Crippen molar-refractivity contribution in [1.82, 2.24) is 0 Å². The van der Waals surface area contributed by atoms with Crippen molar-refractivity contribution in [3.8, 4) is 5.75 Å². The molecule has 0 spiro atoms.